The lowest BCUT2D eigenvalue weighted by Gasteiger charge is -2.46. The van der Waals surface area contributed by atoms with E-state index in [0.717, 1.165) is 45.1 Å². The van der Waals surface area contributed by atoms with Crippen molar-refractivity contribution >= 4 is 28.4 Å². The second-order valence-corrected chi connectivity index (χ2v) is 10.5. The quantitative estimate of drug-likeness (QED) is 0.534. The summed E-state index contributed by atoms with van der Waals surface area (Å²) in [5.74, 6) is -0.516. The predicted octanol–water partition coefficient (Wildman–Crippen LogP) is 3.69. The molecule has 0 bridgehead atoms. The summed E-state index contributed by atoms with van der Waals surface area (Å²) in [5, 5.41) is 3.34. The molecule has 2 aromatic rings. The van der Waals surface area contributed by atoms with E-state index >= 15 is 0 Å². The van der Waals surface area contributed by atoms with Crippen LogP contribution in [0.4, 0.5) is 8.78 Å². The zero-order valence-corrected chi connectivity index (χ0v) is 19.0. The Hall–Kier alpha value is -2.13. The Morgan fingerprint density at radius 3 is 2.82 bits per heavy atom. The van der Waals surface area contributed by atoms with Gasteiger partial charge in [-0.05, 0) is 45.1 Å². The van der Waals surface area contributed by atoms with Crippen LogP contribution in [0, 0.1) is 5.82 Å². The van der Waals surface area contributed by atoms with Crippen molar-refractivity contribution in [2.24, 2.45) is 0 Å². The smallest absolute Gasteiger partial charge is 0.317 e. The Labute approximate surface area is 195 Å². The monoisotopic (exact) mass is 477 g/mol. The number of hydrogen-bond acceptors (Lipinski definition) is 6. The van der Waals surface area contributed by atoms with Crippen LogP contribution in [0.15, 0.2) is 6.20 Å². The summed E-state index contributed by atoms with van der Waals surface area (Å²) in [4.78, 5) is 26.7. The molecule has 1 amide bonds. The van der Waals surface area contributed by atoms with E-state index in [-0.39, 0.29) is 46.2 Å². The fourth-order valence-electron chi connectivity index (χ4n) is 6.39. The standard InChI is InChI=1S/C23H26ClF2N5O2/c24-20-17(26)19-15(10-27-20)18(13-2-5-22(6-3-13)9-16(32)30-22)28-21(29-19)33-12-23-4-1-7-31(23)11-14(25)8-23/h10,13-14H,1-9,11-12H2,(H,30,32)/t13?,14-,22?,23+/m1/s1. The number of carbonyl (C=O) groups is 1. The molecular weight excluding hydrogens is 452 g/mol. The zero-order chi connectivity index (χ0) is 22.8. The third-order valence-corrected chi connectivity index (χ3v) is 8.38. The topological polar surface area (TPSA) is 80.2 Å². The Morgan fingerprint density at radius 2 is 2.06 bits per heavy atom. The molecule has 4 fully saturated rings. The minimum atomic E-state index is -0.856. The Bertz CT molecular complexity index is 1120. The number of ether oxygens (including phenoxy) is 1. The summed E-state index contributed by atoms with van der Waals surface area (Å²) in [7, 11) is 0. The highest BCUT2D eigenvalue weighted by Crippen LogP contribution is 2.44. The number of alkyl halides is 1. The molecule has 2 aromatic heterocycles. The highest BCUT2D eigenvalue weighted by atomic mass is 35.5. The fraction of sp³-hybridized carbons (Fsp3) is 0.652. The van der Waals surface area contributed by atoms with Crippen LogP contribution in [0.5, 0.6) is 6.01 Å². The number of β-lactam (4-membered cyclic amide) rings is 1. The molecule has 6 rings (SSSR count). The van der Waals surface area contributed by atoms with E-state index in [9.17, 15) is 13.6 Å². The third kappa shape index (κ3) is 3.55. The van der Waals surface area contributed by atoms with Crippen LogP contribution < -0.4 is 10.1 Å². The SMILES string of the molecule is O=C1CC2(CCC(c3nc(OC[C@@]45CCCN4C[C@H](F)C5)nc4c(F)c(Cl)ncc34)CC2)N1. The number of amides is 1. The van der Waals surface area contributed by atoms with Gasteiger partial charge in [0.15, 0.2) is 11.0 Å². The van der Waals surface area contributed by atoms with Gasteiger partial charge in [0, 0.05) is 42.4 Å². The van der Waals surface area contributed by atoms with Gasteiger partial charge in [-0.2, -0.15) is 9.97 Å². The summed E-state index contributed by atoms with van der Waals surface area (Å²) in [5.41, 5.74) is 0.363. The van der Waals surface area contributed by atoms with Gasteiger partial charge in [0.05, 0.1) is 11.2 Å². The maximum absolute atomic E-state index is 14.9. The van der Waals surface area contributed by atoms with Crippen molar-refractivity contribution in [3.05, 3.63) is 22.9 Å². The normalized spacial score (nSPS) is 33.8. The third-order valence-electron chi connectivity index (χ3n) is 8.11. The van der Waals surface area contributed by atoms with E-state index in [2.05, 4.69) is 20.2 Å². The van der Waals surface area contributed by atoms with Crippen LogP contribution in [0.2, 0.25) is 5.15 Å². The highest BCUT2D eigenvalue weighted by molar-refractivity contribution is 6.30. The summed E-state index contributed by atoms with van der Waals surface area (Å²) >= 11 is 5.95. The van der Waals surface area contributed by atoms with Gasteiger partial charge < -0.3 is 10.1 Å². The minimum absolute atomic E-state index is 0.0752. The average Bonchev–Trinajstić information content (AvgIpc) is 3.30. The van der Waals surface area contributed by atoms with E-state index in [1.54, 1.807) is 0 Å². The zero-order valence-electron chi connectivity index (χ0n) is 18.2. The molecule has 1 aliphatic carbocycles. The molecule has 10 heteroatoms. The first-order valence-electron chi connectivity index (χ1n) is 11.7. The molecule has 0 aromatic carbocycles. The number of halogens is 3. The van der Waals surface area contributed by atoms with Crippen molar-refractivity contribution in [2.45, 2.75) is 74.5 Å². The Balaban J connectivity index is 1.30. The van der Waals surface area contributed by atoms with Gasteiger partial charge >= 0.3 is 6.01 Å². The van der Waals surface area contributed by atoms with Crippen LogP contribution in [-0.2, 0) is 4.79 Å². The van der Waals surface area contributed by atoms with E-state index in [1.807, 2.05) is 0 Å². The number of nitrogens with one attached hydrogen (secondary N) is 1. The van der Waals surface area contributed by atoms with Gasteiger partial charge in [-0.25, -0.2) is 13.8 Å². The first kappa shape index (κ1) is 21.4. The van der Waals surface area contributed by atoms with E-state index in [0.29, 0.717) is 30.5 Å². The van der Waals surface area contributed by atoms with Crippen molar-refractivity contribution < 1.29 is 18.3 Å². The first-order chi connectivity index (χ1) is 15.9. The molecule has 1 spiro atoms. The molecule has 0 radical (unpaired) electrons. The Kier molecular flexibility index (Phi) is 4.99. The number of pyridine rings is 1. The predicted molar refractivity (Wildman–Crippen MR) is 118 cm³/mol. The molecular formula is C23H26ClF2N5O2. The van der Waals surface area contributed by atoms with Crippen LogP contribution in [0.25, 0.3) is 10.9 Å². The number of carbonyl (C=O) groups excluding carboxylic acids is 1. The number of rotatable bonds is 4. The van der Waals surface area contributed by atoms with Crippen LogP contribution in [-0.4, -0.2) is 62.7 Å². The van der Waals surface area contributed by atoms with E-state index in [1.165, 1.54) is 6.20 Å². The molecule has 7 nitrogen and oxygen atoms in total. The van der Waals surface area contributed by atoms with Crippen molar-refractivity contribution in [3.8, 4) is 6.01 Å². The van der Waals surface area contributed by atoms with Gasteiger partial charge in [0.1, 0.15) is 18.3 Å². The lowest BCUT2D eigenvalue weighted by atomic mass is 9.70. The molecule has 33 heavy (non-hydrogen) atoms. The maximum atomic E-state index is 14.9. The number of fused-ring (bicyclic) bond motifs is 2. The number of aromatic nitrogens is 3. The molecule has 1 saturated carbocycles. The van der Waals surface area contributed by atoms with Crippen molar-refractivity contribution in [3.63, 3.8) is 0 Å². The molecule has 1 N–H and O–H groups in total. The maximum Gasteiger partial charge on any atom is 0.317 e. The molecule has 4 aliphatic rings. The van der Waals surface area contributed by atoms with Crippen LogP contribution in [0.1, 0.15) is 63.0 Å². The number of hydrogen-bond donors (Lipinski definition) is 1. The molecule has 5 heterocycles. The fourth-order valence-corrected chi connectivity index (χ4v) is 6.53. The molecule has 2 atom stereocenters. The lowest BCUT2D eigenvalue weighted by Crippen LogP contribution is -2.62. The van der Waals surface area contributed by atoms with E-state index in [4.69, 9.17) is 21.3 Å². The molecule has 3 aliphatic heterocycles. The summed E-state index contributed by atoms with van der Waals surface area (Å²) in [6.07, 6.45) is 6.89. The van der Waals surface area contributed by atoms with Crippen molar-refractivity contribution in [2.75, 3.05) is 19.7 Å². The van der Waals surface area contributed by atoms with Crippen LogP contribution in [0.3, 0.4) is 0 Å². The summed E-state index contributed by atoms with van der Waals surface area (Å²) < 4.78 is 35.1. The second kappa shape index (κ2) is 7.70. The first-order valence-corrected chi connectivity index (χ1v) is 12.1. The van der Waals surface area contributed by atoms with Gasteiger partial charge in [-0.3, -0.25) is 9.69 Å². The van der Waals surface area contributed by atoms with Crippen LogP contribution >= 0.6 is 11.6 Å². The molecule has 176 valence electrons. The molecule has 3 saturated heterocycles. The van der Waals surface area contributed by atoms with Crippen molar-refractivity contribution in [1.82, 2.24) is 25.2 Å². The molecule has 0 unspecified atom stereocenters. The van der Waals surface area contributed by atoms with Gasteiger partial charge in [-0.15, -0.1) is 0 Å². The van der Waals surface area contributed by atoms with E-state index < -0.39 is 12.0 Å². The van der Waals surface area contributed by atoms with Crippen molar-refractivity contribution in [1.29, 1.82) is 0 Å². The minimum Gasteiger partial charge on any atom is -0.461 e. The van der Waals surface area contributed by atoms with Gasteiger partial charge in [0.25, 0.3) is 0 Å². The highest BCUT2D eigenvalue weighted by Gasteiger charge is 2.49. The number of nitrogens with zero attached hydrogens (tertiary/aromatic N) is 4. The largest absolute Gasteiger partial charge is 0.461 e. The Morgan fingerprint density at radius 1 is 1.27 bits per heavy atom. The summed E-state index contributed by atoms with van der Waals surface area (Å²) in [6.45, 7) is 1.58. The summed E-state index contributed by atoms with van der Waals surface area (Å²) in [6, 6.07) is 0.0967. The van der Waals surface area contributed by atoms with Gasteiger partial charge in [-0.1, -0.05) is 11.6 Å². The second-order valence-electron chi connectivity index (χ2n) is 10.2. The average molecular weight is 478 g/mol. The van der Waals surface area contributed by atoms with Gasteiger partial charge in [0.2, 0.25) is 5.91 Å². The lowest BCUT2D eigenvalue weighted by molar-refractivity contribution is -0.134.